The number of hydrogen-bond acceptors (Lipinski definition) is 8. The summed E-state index contributed by atoms with van der Waals surface area (Å²) < 4.78 is 45.5. The number of fused-ring (bicyclic) bond motifs is 1. The molecule has 0 spiro atoms. The van der Waals surface area contributed by atoms with Crippen LogP contribution in [0, 0.1) is 17.8 Å². The van der Waals surface area contributed by atoms with Crippen LogP contribution < -0.4 is 20.1 Å². The van der Waals surface area contributed by atoms with Crippen LogP contribution in [-0.4, -0.2) is 59.1 Å². The van der Waals surface area contributed by atoms with Gasteiger partial charge >= 0.3 is 12.1 Å². The van der Waals surface area contributed by atoms with Crippen LogP contribution in [0.1, 0.15) is 12.1 Å². The van der Waals surface area contributed by atoms with Crippen LogP contribution in [0.25, 0.3) is 0 Å². The number of methoxy groups -OCH3 is 1. The second kappa shape index (κ2) is 6.09. The lowest BCUT2D eigenvalue weighted by Gasteiger charge is -2.37. The SMILES string of the molecule is COc1c(N2CC3C(CC(=O)O)C3C2)nc(N2CC(O)N2)nc1C(F)(F)F. The molecule has 0 bridgehead atoms. The molecule has 0 radical (unpaired) electrons. The first kappa shape index (κ1) is 18.0. The second-order valence-corrected chi connectivity index (χ2v) is 6.98. The molecule has 3 fully saturated rings. The van der Waals surface area contributed by atoms with E-state index in [1.807, 2.05) is 0 Å². The van der Waals surface area contributed by atoms with E-state index < -0.39 is 29.8 Å². The fraction of sp³-hybridized carbons (Fsp3) is 0.667. The zero-order valence-electron chi connectivity index (χ0n) is 14.3. The van der Waals surface area contributed by atoms with Crippen LogP contribution in [0.15, 0.2) is 0 Å². The maximum Gasteiger partial charge on any atom is 0.437 e. The predicted molar refractivity (Wildman–Crippen MR) is 85.0 cm³/mol. The van der Waals surface area contributed by atoms with Gasteiger partial charge in [0.05, 0.1) is 13.7 Å². The van der Waals surface area contributed by atoms with E-state index in [0.29, 0.717) is 13.1 Å². The highest BCUT2D eigenvalue weighted by Gasteiger charge is 2.57. The first-order valence-corrected chi connectivity index (χ1v) is 8.40. The first-order chi connectivity index (χ1) is 12.7. The van der Waals surface area contributed by atoms with Gasteiger partial charge in [0.15, 0.2) is 17.3 Å². The van der Waals surface area contributed by atoms with Crippen LogP contribution in [-0.2, 0) is 11.0 Å². The van der Waals surface area contributed by atoms with Crippen molar-refractivity contribution in [3.8, 4) is 5.75 Å². The molecule has 3 atom stereocenters. The average molecular weight is 389 g/mol. The van der Waals surface area contributed by atoms with Gasteiger partial charge in [-0.05, 0) is 17.8 Å². The third-order valence-electron chi connectivity index (χ3n) is 5.29. The van der Waals surface area contributed by atoms with Gasteiger partial charge in [0.2, 0.25) is 5.95 Å². The van der Waals surface area contributed by atoms with Crippen LogP contribution in [0.5, 0.6) is 5.75 Å². The number of carboxylic acid groups (broad SMARTS) is 1. The number of anilines is 2. The Balaban J connectivity index is 1.64. The molecule has 3 N–H and O–H groups in total. The summed E-state index contributed by atoms with van der Waals surface area (Å²) in [6.45, 7) is 0.903. The summed E-state index contributed by atoms with van der Waals surface area (Å²) in [7, 11) is 1.13. The Hall–Kier alpha value is -2.34. The molecule has 1 aliphatic carbocycles. The molecule has 0 aromatic carbocycles. The number of carbonyl (C=O) groups is 1. The Labute approximate surface area is 151 Å². The van der Waals surface area contributed by atoms with Gasteiger partial charge in [-0.2, -0.15) is 18.2 Å². The summed E-state index contributed by atoms with van der Waals surface area (Å²) in [5, 5.41) is 19.5. The van der Waals surface area contributed by atoms with Crippen molar-refractivity contribution in [2.24, 2.45) is 17.8 Å². The highest BCUT2D eigenvalue weighted by atomic mass is 19.4. The summed E-state index contributed by atoms with van der Waals surface area (Å²) in [5.74, 6) is -1.19. The van der Waals surface area contributed by atoms with E-state index in [1.54, 1.807) is 4.90 Å². The molecule has 3 aliphatic rings. The lowest BCUT2D eigenvalue weighted by Crippen LogP contribution is -2.62. The van der Waals surface area contributed by atoms with Crippen molar-refractivity contribution in [1.29, 1.82) is 0 Å². The van der Waals surface area contributed by atoms with Crippen molar-refractivity contribution in [1.82, 2.24) is 15.4 Å². The number of piperidine rings is 1. The molecular formula is C15H18F3N5O4. The number of rotatable bonds is 5. The molecule has 0 amide bonds. The monoisotopic (exact) mass is 389 g/mol. The number of aliphatic hydroxyl groups excluding tert-OH is 1. The summed E-state index contributed by atoms with van der Waals surface area (Å²) >= 11 is 0. The van der Waals surface area contributed by atoms with E-state index in [4.69, 9.17) is 9.84 Å². The van der Waals surface area contributed by atoms with E-state index in [-0.39, 0.29) is 42.5 Å². The van der Waals surface area contributed by atoms with E-state index in [0.717, 1.165) is 7.11 Å². The number of carboxylic acids is 1. The molecule has 1 aromatic heterocycles. The number of halogens is 3. The Kier molecular flexibility index (Phi) is 4.07. The lowest BCUT2D eigenvalue weighted by molar-refractivity contribution is -0.142. The number of aliphatic carboxylic acids is 1. The van der Waals surface area contributed by atoms with Crippen molar-refractivity contribution >= 4 is 17.7 Å². The predicted octanol–water partition coefficient (Wildman–Crippen LogP) is 0.304. The van der Waals surface area contributed by atoms with Gasteiger partial charge < -0.3 is 19.8 Å². The first-order valence-electron chi connectivity index (χ1n) is 8.40. The van der Waals surface area contributed by atoms with E-state index in [9.17, 15) is 23.1 Å². The Morgan fingerprint density at radius 2 is 1.93 bits per heavy atom. The minimum Gasteiger partial charge on any atom is -0.491 e. The number of hydrazine groups is 1. The van der Waals surface area contributed by atoms with E-state index >= 15 is 0 Å². The molecular weight excluding hydrogens is 371 g/mol. The Morgan fingerprint density at radius 1 is 1.30 bits per heavy atom. The van der Waals surface area contributed by atoms with Gasteiger partial charge in [-0.15, -0.1) is 0 Å². The molecule has 1 saturated carbocycles. The standard InChI is InChI=1S/C15H18F3N5O4/c1-27-11-12(15(16,17)18)19-14(23-5-9(24)21-23)20-13(11)22-3-7-6(2-10(25)26)8(7)4-22/h6-9,21,24H,2-5H2,1H3,(H,25,26). The van der Waals surface area contributed by atoms with Crippen LogP contribution in [0.2, 0.25) is 0 Å². The van der Waals surface area contributed by atoms with Crippen molar-refractivity contribution in [3.05, 3.63) is 5.69 Å². The maximum absolute atomic E-state index is 13.5. The fourth-order valence-electron chi connectivity index (χ4n) is 3.94. The summed E-state index contributed by atoms with van der Waals surface area (Å²) in [6, 6.07) is 0. The molecule has 148 valence electrons. The smallest absolute Gasteiger partial charge is 0.437 e. The molecule has 2 saturated heterocycles. The van der Waals surface area contributed by atoms with Gasteiger partial charge in [0.25, 0.3) is 0 Å². The number of ether oxygens (including phenoxy) is 1. The van der Waals surface area contributed by atoms with Crippen LogP contribution in [0.4, 0.5) is 24.9 Å². The number of aliphatic hydroxyl groups is 1. The van der Waals surface area contributed by atoms with Gasteiger partial charge in [-0.25, -0.2) is 10.4 Å². The zero-order chi connectivity index (χ0) is 19.5. The van der Waals surface area contributed by atoms with Crippen LogP contribution in [0.3, 0.4) is 0 Å². The average Bonchev–Trinajstić information content (AvgIpc) is 3.00. The van der Waals surface area contributed by atoms with Gasteiger partial charge in [0, 0.05) is 19.5 Å². The fourth-order valence-corrected chi connectivity index (χ4v) is 3.94. The van der Waals surface area contributed by atoms with E-state index in [1.165, 1.54) is 5.01 Å². The number of nitrogens with zero attached hydrogens (tertiary/aromatic N) is 4. The third kappa shape index (κ3) is 3.12. The molecule has 2 aliphatic heterocycles. The molecule has 9 nitrogen and oxygen atoms in total. The number of β-amino-alcohol motifs (C(OH)–C–C–N with tert-alkyl or cyclic N) is 1. The van der Waals surface area contributed by atoms with Crippen molar-refractivity contribution < 1.29 is 32.9 Å². The van der Waals surface area contributed by atoms with Crippen molar-refractivity contribution in [2.75, 3.05) is 36.7 Å². The van der Waals surface area contributed by atoms with Crippen molar-refractivity contribution in [2.45, 2.75) is 18.8 Å². The van der Waals surface area contributed by atoms with Gasteiger partial charge in [0.1, 0.15) is 6.23 Å². The molecule has 4 rings (SSSR count). The topological polar surface area (TPSA) is 111 Å². The second-order valence-electron chi connectivity index (χ2n) is 6.98. The summed E-state index contributed by atoms with van der Waals surface area (Å²) in [4.78, 5) is 20.3. The minimum atomic E-state index is -4.74. The summed E-state index contributed by atoms with van der Waals surface area (Å²) in [6.07, 6.45) is -5.53. The molecule has 3 unspecified atom stereocenters. The van der Waals surface area contributed by atoms with Gasteiger partial charge in [-0.1, -0.05) is 0 Å². The Morgan fingerprint density at radius 3 is 2.41 bits per heavy atom. The van der Waals surface area contributed by atoms with Crippen LogP contribution >= 0.6 is 0 Å². The number of alkyl halides is 3. The van der Waals surface area contributed by atoms with Gasteiger partial charge in [-0.3, -0.25) is 9.80 Å². The normalized spacial score (nSPS) is 29.4. The largest absolute Gasteiger partial charge is 0.491 e. The molecule has 12 heteroatoms. The third-order valence-corrected chi connectivity index (χ3v) is 5.29. The highest BCUT2D eigenvalue weighted by Crippen LogP contribution is 2.55. The molecule has 27 heavy (non-hydrogen) atoms. The Bertz CT molecular complexity index is 759. The maximum atomic E-state index is 13.5. The molecule has 1 aromatic rings. The quantitative estimate of drug-likeness (QED) is 0.655. The number of aromatic nitrogens is 2. The lowest BCUT2D eigenvalue weighted by atomic mass is 10.2. The zero-order valence-corrected chi connectivity index (χ0v) is 14.3. The minimum absolute atomic E-state index is 0.0271. The molecule has 3 heterocycles. The highest BCUT2D eigenvalue weighted by molar-refractivity contribution is 5.68. The number of hydrogen-bond donors (Lipinski definition) is 3. The number of nitrogens with one attached hydrogen (secondary N) is 1. The summed E-state index contributed by atoms with van der Waals surface area (Å²) in [5.41, 5.74) is 1.33. The van der Waals surface area contributed by atoms with E-state index in [2.05, 4.69) is 15.4 Å². The van der Waals surface area contributed by atoms with Crippen molar-refractivity contribution in [3.63, 3.8) is 0 Å².